The third-order valence-electron chi connectivity index (χ3n) is 4.67. The van der Waals surface area contributed by atoms with Crippen molar-refractivity contribution in [3.63, 3.8) is 0 Å². The molecule has 3 aromatic rings. The van der Waals surface area contributed by atoms with Crippen LogP contribution in [0.5, 0.6) is 5.75 Å². The van der Waals surface area contributed by atoms with Gasteiger partial charge in [0.15, 0.2) is 0 Å². The number of halogens is 2. The molecule has 5 nitrogen and oxygen atoms in total. The largest absolute Gasteiger partial charge is 0.497 e. The third-order valence-corrected chi connectivity index (χ3v) is 4.99. The second-order valence-electron chi connectivity index (χ2n) is 6.51. The van der Waals surface area contributed by atoms with Crippen LogP contribution in [0.2, 0.25) is 5.02 Å². The first kappa shape index (κ1) is 19.7. The molecule has 0 atom stereocenters. The standard InChI is InChI=1S/C23H16ClFN2O3/c1-30-17-12-10-16(11-13-17)26-21-20(14-6-8-15(25)9-7-14)22(28)27(23(21)29)19-5-3-2-4-18(19)24/h2-13,26H,1H3. The zero-order chi connectivity index (χ0) is 21.3. The number of hydrogen-bond acceptors (Lipinski definition) is 4. The number of nitrogens with zero attached hydrogens (tertiary/aromatic N) is 1. The van der Waals surface area contributed by atoms with E-state index in [4.69, 9.17) is 16.3 Å². The Balaban J connectivity index is 1.81. The summed E-state index contributed by atoms with van der Waals surface area (Å²) in [5.41, 5.74) is 1.50. The van der Waals surface area contributed by atoms with Gasteiger partial charge in [-0.15, -0.1) is 0 Å². The molecule has 3 aromatic carbocycles. The van der Waals surface area contributed by atoms with Gasteiger partial charge in [0.1, 0.15) is 17.3 Å². The second kappa shape index (κ2) is 8.00. The number of benzene rings is 3. The summed E-state index contributed by atoms with van der Waals surface area (Å²) in [6.45, 7) is 0. The first-order chi connectivity index (χ1) is 14.5. The molecule has 0 saturated carbocycles. The minimum atomic E-state index is -0.553. The van der Waals surface area contributed by atoms with E-state index in [1.165, 1.54) is 24.3 Å². The molecule has 0 aromatic heterocycles. The molecule has 150 valence electrons. The van der Waals surface area contributed by atoms with Gasteiger partial charge in [-0.25, -0.2) is 9.29 Å². The molecule has 2 amide bonds. The van der Waals surface area contributed by atoms with Crippen LogP contribution in [-0.2, 0) is 9.59 Å². The summed E-state index contributed by atoms with van der Waals surface area (Å²) in [4.78, 5) is 27.6. The summed E-state index contributed by atoms with van der Waals surface area (Å²) < 4.78 is 18.6. The Morgan fingerprint density at radius 1 is 0.900 bits per heavy atom. The first-order valence-electron chi connectivity index (χ1n) is 9.04. The first-order valence-corrected chi connectivity index (χ1v) is 9.42. The molecule has 0 unspecified atom stereocenters. The maximum absolute atomic E-state index is 13.4. The van der Waals surface area contributed by atoms with E-state index in [0.29, 0.717) is 17.0 Å². The summed E-state index contributed by atoms with van der Waals surface area (Å²) >= 11 is 6.24. The number of nitrogens with one attached hydrogen (secondary N) is 1. The van der Waals surface area contributed by atoms with Crippen LogP contribution in [0.4, 0.5) is 15.8 Å². The molecule has 1 N–H and O–H groups in total. The third kappa shape index (κ3) is 3.53. The number of imide groups is 1. The molecule has 0 saturated heterocycles. The van der Waals surface area contributed by atoms with Gasteiger partial charge >= 0.3 is 0 Å². The Labute approximate surface area is 177 Å². The highest BCUT2D eigenvalue weighted by Gasteiger charge is 2.41. The number of ether oxygens (including phenoxy) is 1. The smallest absolute Gasteiger partial charge is 0.282 e. The Morgan fingerprint density at radius 2 is 1.57 bits per heavy atom. The summed E-state index contributed by atoms with van der Waals surface area (Å²) in [7, 11) is 1.55. The van der Waals surface area contributed by atoms with E-state index >= 15 is 0 Å². The average molecular weight is 423 g/mol. The molecule has 4 rings (SSSR count). The topological polar surface area (TPSA) is 58.6 Å². The predicted molar refractivity (Wildman–Crippen MR) is 114 cm³/mol. The zero-order valence-corrected chi connectivity index (χ0v) is 16.6. The lowest BCUT2D eigenvalue weighted by Gasteiger charge is -2.16. The van der Waals surface area contributed by atoms with E-state index in [1.54, 1.807) is 55.6 Å². The van der Waals surface area contributed by atoms with E-state index in [9.17, 15) is 14.0 Å². The van der Waals surface area contributed by atoms with Crippen molar-refractivity contribution >= 4 is 40.4 Å². The summed E-state index contributed by atoms with van der Waals surface area (Å²) in [6.07, 6.45) is 0. The van der Waals surface area contributed by atoms with Crippen molar-refractivity contribution < 1.29 is 18.7 Å². The molecule has 0 aliphatic carbocycles. The van der Waals surface area contributed by atoms with Crippen molar-refractivity contribution in [1.82, 2.24) is 0 Å². The zero-order valence-electron chi connectivity index (χ0n) is 15.9. The molecular formula is C23H16ClFN2O3. The number of rotatable bonds is 5. The van der Waals surface area contributed by atoms with Gasteiger partial charge in [0.25, 0.3) is 11.8 Å². The van der Waals surface area contributed by atoms with Crippen molar-refractivity contribution in [3.05, 3.63) is 94.9 Å². The van der Waals surface area contributed by atoms with Crippen LogP contribution in [-0.4, -0.2) is 18.9 Å². The van der Waals surface area contributed by atoms with E-state index < -0.39 is 17.6 Å². The fourth-order valence-electron chi connectivity index (χ4n) is 3.20. The Bertz CT molecular complexity index is 1160. The second-order valence-corrected chi connectivity index (χ2v) is 6.91. The Morgan fingerprint density at radius 3 is 2.20 bits per heavy atom. The Hall–Kier alpha value is -3.64. The fraction of sp³-hybridized carbons (Fsp3) is 0.0435. The maximum Gasteiger partial charge on any atom is 0.282 e. The minimum absolute atomic E-state index is 0.0803. The summed E-state index contributed by atoms with van der Waals surface area (Å²) in [5, 5.41) is 3.30. The molecule has 1 heterocycles. The van der Waals surface area contributed by atoms with Crippen molar-refractivity contribution in [3.8, 4) is 5.75 Å². The molecule has 30 heavy (non-hydrogen) atoms. The van der Waals surface area contributed by atoms with E-state index in [1.807, 2.05) is 0 Å². The maximum atomic E-state index is 13.4. The highest BCUT2D eigenvalue weighted by molar-refractivity contribution is 6.48. The van der Waals surface area contributed by atoms with Crippen molar-refractivity contribution in [2.75, 3.05) is 17.3 Å². The average Bonchev–Trinajstić information content (AvgIpc) is 2.99. The van der Waals surface area contributed by atoms with Gasteiger partial charge in [0.2, 0.25) is 0 Å². The summed E-state index contributed by atoms with van der Waals surface area (Å²) in [5.74, 6) is -0.887. The molecule has 0 radical (unpaired) electrons. The number of methoxy groups -OCH3 is 1. The number of hydrogen-bond donors (Lipinski definition) is 1. The predicted octanol–water partition coefficient (Wildman–Crippen LogP) is 4.88. The van der Waals surface area contributed by atoms with Gasteiger partial charge in [-0.3, -0.25) is 9.59 Å². The number of para-hydroxylation sites is 1. The summed E-state index contributed by atoms with van der Waals surface area (Å²) in [6, 6.07) is 18.9. The Kier molecular flexibility index (Phi) is 5.25. The molecule has 7 heteroatoms. The minimum Gasteiger partial charge on any atom is -0.497 e. The molecule has 1 aliphatic heterocycles. The lowest BCUT2D eigenvalue weighted by Crippen LogP contribution is -2.32. The molecule has 0 spiro atoms. The number of amides is 2. The normalized spacial score (nSPS) is 13.8. The van der Waals surface area contributed by atoms with E-state index in [0.717, 1.165) is 4.90 Å². The van der Waals surface area contributed by atoms with Crippen LogP contribution in [0.1, 0.15) is 5.56 Å². The van der Waals surface area contributed by atoms with Gasteiger partial charge < -0.3 is 10.1 Å². The van der Waals surface area contributed by atoms with E-state index in [-0.39, 0.29) is 22.0 Å². The fourth-order valence-corrected chi connectivity index (χ4v) is 3.42. The van der Waals surface area contributed by atoms with Crippen LogP contribution >= 0.6 is 11.6 Å². The molecule has 0 fully saturated rings. The van der Waals surface area contributed by atoms with Crippen molar-refractivity contribution in [2.45, 2.75) is 0 Å². The van der Waals surface area contributed by atoms with Gasteiger partial charge in [-0.1, -0.05) is 35.9 Å². The quantitative estimate of drug-likeness (QED) is 0.595. The van der Waals surface area contributed by atoms with E-state index in [2.05, 4.69) is 5.32 Å². The number of anilines is 2. The number of carbonyl (C=O) groups is 2. The van der Waals surface area contributed by atoms with Gasteiger partial charge in [0.05, 0.1) is 23.4 Å². The lowest BCUT2D eigenvalue weighted by atomic mass is 10.0. The van der Waals surface area contributed by atoms with Gasteiger partial charge in [-0.2, -0.15) is 0 Å². The number of carbonyl (C=O) groups excluding carboxylic acids is 2. The highest BCUT2D eigenvalue weighted by atomic mass is 35.5. The molecule has 1 aliphatic rings. The monoisotopic (exact) mass is 422 g/mol. The highest BCUT2D eigenvalue weighted by Crippen LogP contribution is 2.36. The van der Waals surface area contributed by atoms with Crippen molar-refractivity contribution in [2.24, 2.45) is 0 Å². The van der Waals surface area contributed by atoms with Crippen LogP contribution in [0.3, 0.4) is 0 Å². The van der Waals surface area contributed by atoms with Crippen LogP contribution in [0.25, 0.3) is 5.57 Å². The van der Waals surface area contributed by atoms with Gasteiger partial charge in [0, 0.05) is 5.69 Å². The van der Waals surface area contributed by atoms with Gasteiger partial charge in [-0.05, 0) is 54.1 Å². The molecule has 0 bridgehead atoms. The van der Waals surface area contributed by atoms with Crippen LogP contribution in [0.15, 0.2) is 78.5 Å². The van der Waals surface area contributed by atoms with Crippen LogP contribution in [0, 0.1) is 5.82 Å². The lowest BCUT2D eigenvalue weighted by molar-refractivity contribution is -0.120. The van der Waals surface area contributed by atoms with Crippen LogP contribution < -0.4 is 15.0 Å². The van der Waals surface area contributed by atoms with Crippen molar-refractivity contribution in [1.29, 1.82) is 0 Å². The SMILES string of the molecule is COc1ccc(NC2=C(c3ccc(F)cc3)C(=O)N(c3ccccc3Cl)C2=O)cc1. The molecular weight excluding hydrogens is 407 g/mol.